The van der Waals surface area contributed by atoms with Crippen LogP contribution in [-0.2, 0) is 4.74 Å². The normalized spacial score (nSPS) is 15.4. The highest BCUT2D eigenvalue weighted by molar-refractivity contribution is 5.93. The number of rotatable bonds is 2. The van der Waals surface area contributed by atoms with Gasteiger partial charge in [-0.3, -0.25) is 9.89 Å². The van der Waals surface area contributed by atoms with Crippen LogP contribution in [0.3, 0.4) is 0 Å². The first-order valence-electron chi connectivity index (χ1n) is 6.13. The maximum absolute atomic E-state index is 12.1. The fourth-order valence-corrected chi connectivity index (χ4v) is 1.92. The molecule has 0 aliphatic carbocycles. The van der Waals surface area contributed by atoms with E-state index >= 15 is 0 Å². The van der Waals surface area contributed by atoms with Crippen molar-refractivity contribution in [2.45, 2.75) is 6.92 Å². The Morgan fingerprint density at radius 3 is 2.53 bits per heavy atom. The van der Waals surface area contributed by atoms with Gasteiger partial charge in [-0.15, -0.1) is 0 Å². The van der Waals surface area contributed by atoms with Gasteiger partial charge in [-0.1, -0.05) is 0 Å². The van der Waals surface area contributed by atoms with Crippen LogP contribution in [0.2, 0.25) is 0 Å². The second kappa shape index (κ2) is 5.59. The van der Waals surface area contributed by atoms with E-state index in [1.165, 1.54) is 6.07 Å². The molecule has 0 aromatic carbocycles. The van der Waals surface area contributed by atoms with Crippen LogP contribution in [-0.4, -0.2) is 64.8 Å². The van der Waals surface area contributed by atoms with Gasteiger partial charge in [0.1, 0.15) is 11.5 Å². The fraction of sp³-hybridized carbons (Fsp3) is 0.545. The van der Waals surface area contributed by atoms with Gasteiger partial charge in [0.15, 0.2) is 0 Å². The number of nitrogens with zero attached hydrogens (tertiary/aromatic N) is 3. The van der Waals surface area contributed by atoms with Gasteiger partial charge in [0, 0.05) is 32.2 Å². The third-order valence-corrected chi connectivity index (χ3v) is 2.92. The largest absolute Gasteiger partial charge is 0.450 e. The number of carbonyl (C=O) groups excluding carboxylic acids is 2. The minimum Gasteiger partial charge on any atom is -0.450 e. The Labute approximate surface area is 110 Å². The minimum absolute atomic E-state index is 0.160. The summed E-state index contributed by atoms with van der Waals surface area (Å²) >= 11 is 0. The summed E-state index contributed by atoms with van der Waals surface area (Å²) in [5.41, 5.74) is 5.82. The number of H-pyrrole nitrogens is 1. The quantitative estimate of drug-likeness (QED) is 0.779. The van der Waals surface area contributed by atoms with Crippen molar-refractivity contribution >= 4 is 17.8 Å². The highest BCUT2D eigenvalue weighted by Gasteiger charge is 2.26. The molecule has 1 fully saturated rings. The molecular weight excluding hydrogens is 250 g/mol. The van der Waals surface area contributed by atoms with Crippen LogP contribution in [0.4, 0.5) is 10.6 Å². The topological polar surface area (TPSA) is 105 Å². The van der Waals surface area contributed by atoms with Crippen LogP contribution in [0.15, 0.2) is 6.07 Å². The first-order chi connectivity index (χ1) is 9.11. The van der Waals surface area contributed by atoms with E-state index in [1.807, 2.05) is 0 Å². The molecule has 2 amide bonds. The van der Waals surface area contributed by atoms with E-state index in [-0.39, 0.29) is 17.8 Å². The van der Waals surface area contributed by atoms with Crippen molar-refractivity contribution in [1.82, 2.24) is 20.0 Å². The van der Waals surface area contributed by atoms with E-state index in [9.17, 15) is 9.59 Å². The molecule has 3 N–H and O–H groups in total. The maximum atomic E-state index is 12.1. The number of aromatic amines is 1. The molecule has 2 heterocycles. The van der Waals surface area contributed by atoms with Crippen molar-refractivity contribution in [1.29, 1.82) is 0 Å². The summed E-state index contributed by atoms with van der Waals surface area (Å²) in [6.07, 6.45) is -0.333. The molecule has 19 heavy (non-hydrogen) atoms. The number of carbonyl (C=O) groups is 2. The first kappa shape index (κ1) is 13.2. The minimum atomic E-state index is -0.333. The molecule has 0 spiro atoms. The smallest absolute Gasteiger partial charge is 0.409 e. The first-order valence-corrected chi connectivity index (χ1v) is 6.13. The van der Waals surface area contributed by atoms with Crippen molar-refractivity contribution in [2.75, 3.05) is 38.5 Å². The lowest BCUT2D eigenvalue weighted by Gasteiger charge is -2.33. The third kappa shape index (κ3) is 2.95. The van der Waals surface area contributed by atoms with E-state index in [2.05, 4.69) is 10.2 Å². The molecule has 1 aliphatic rings. The van der Waals surface area contributed by atoms with Gasteiger partial charge in [-0.25, -0.2) is 4.79 Å². The third-order valence-electron chi connectivity index (χ3n) is 2.92. The monoisotopic (exact) mass is 267 g/mol. The number of anilines is 1. The molecule has 1 aromatic heterocycles. The van der Waals surface area contributed by atoms with Crippen molar-refractivity contribution in [3.63, 3.8) is 0 Å². The van der Waals surface area contributed by atoms with Gasteiger partial charge in [0.2, 0.25) is 0 Å². The fourth-order valence-electron chi connectivity index (χ4n) is 1.92. The average molecular weight is 267 g/mol. The summed E-state index contributed by atoms with van der Waals surface area (Å²) in [4.78, 5) is 26.8. The number of piperazine rings is 1. The molecule has 2 rings (SSSR count). The van der Waals surface area contributed by atoms with Crippen molar-refractivity contribution < 1.29 is 14.3 Å². The molecule has 1 saturated heterocycles. The van der Waals surface area contributed by atoms with Crippen LogP contribution < -0.4 is 5.73 Å². The molecule has 0 atom stereocenters. The SMILES string of the molecule is CCOC(=O)N1CCN(C(=O)c2cc(N)n[nH]2)CC1. The maximum Gasteiger partial charge on any atom is 0.409 e. The van der Waals surface area contributed by atoms with Crippen LogP contribution in [0.5, 0.6) is 0 Å². The second-order valence-corrected chi connectivity index (χ2v) is 4.18. The van der Waals surface area contributed by atoms with Gasteiger partial charge in [0.05, 0.1) is 6.61 Å². The molecule has 0 radical (unpaired) electrons. The molecule has 0 unspecified atom stereocenters. The van der Waals surface area contributed by atoms with Gasteiger partial charge in [-0.2, -0.15) is 5.10 Å². The number of nitrogen functional groups attached to an aromatic ring is 1. The van der Waals surface area contributed by atoms with Gasteiger partial charge >= 0.3 is 6.09 Å². The average Bonchev–Trinajstić information content (AvgIpc) is 2.85. The van der Waals surface area contributed by atoms with Crippen LogP contribution >= 0.6 is 0 Å². The van der Waals surface area contributed by atoms with E-state index in [0.717, 1.165) is 0 Å². The Balaban J connectivity index is 1.89. The Morgan fingerprint density at radius 1 is 1.37 bits per heavy atom. The summed E-state index contributed by atoms with van der Waals surface area (Å²) < 4.78 is 4.92. The molecule has 1 aliphatic heterocycles. The van der Waals surface area contributed by atoms with Gasteiger partial charge < -0.3 is 20.3 Å². The van der Waals surface area contributed by atoms with Crippen LogP contribution in [0.1, 0.15) is 17.4 Å². The highest BCUT2D eigenvalue weighted by atomic mass is 16.6. The van der Waals surface area contributed by atoms with Crippen LogP contribution in [0.25, 0.3) is 0 Å². The molecule has 1 aromatic rings. The number of ether oxygens (including phenoxy) is 1. The lowest BCUT2D eigenvalue weighted by molar-refractivity contribution is 0.0566. The Hall–Kier alpha value is -2.25. The van der Waals surface area contributed by atoms with E-state index in [4.69, 9.17) is 10.5 Å². The van der Waals surface area contributed by atoms with E-state index in [1.54, 1.807) is 16.7 Å². The van der Waals surface area contributed by atoms with Crippen molar-refractivity contribution in [3.05, 3.63) is 11.8 Å². The van der Waals surface area contributed by atoms with Crippen molar-refractivity contribution in [3.8, 4) is 0 Å². The Kier molecular flexibility index (Phi) is 3.88. The number of amides is 2. The summed E-state index contributed by atoms with van der Waals surface area (Å²) in [6.45, 7) is 3.99. The summed E-state index contributed by atoms with van der Waals surface area (Å²) in [5, 5.41) is 6.31. The highest BCUT2D eigenvalue weighted by Crippen LogP contribution is 2.09. The standard InChI is InChI=1S/C11H17N5O3/c1-2-19-11(18)16-5-3-15(4-6-16)10(17)8-7-9(12)14-13-8/h7H,2-6H2,1H3,(H3,12,13,14). The molecule has 8 nitrogen and oxygen atoms in total. The van der Waals surface area contributed by atoms with Crippen molar-refractivity contribution in [2.24, 2.45) is 0 Å². The summed E-state index contributed by atoms with van der Waals surface area (Å²) in [5.74, 6) is 0.126. The zero-order valence-electron chi connectivity index (χ0n) is 10.8. The number of hydrogen-bond donors (Lipinski definition) is 2. The van der Waals surface area contributed by atoms with E-state index in [0.29, 0.717) is 38.5 Å². The number of aromatic nitrogens is 2. The summed E-state index contributed by atoms with van der Waals surface area (Å²) in [6, 6.07) is 1.50. The van der Waals surface area contributed by atoms with E-state index < -0.39 is 0 Å². The molecule has 0 bridgehead atoms. The molecule has 8 heteroatoms. The number of nitrogens with one attached hydrogen (secondary N) is 1. The number of hydrogen-bond acceptors (Lipinski definition) is 5. The molecule has 0 saturated carbocycles. The molecule has 104 valence electrons. The molecular formula is C11H17N5O3. The van der Waals surface area contributed by atoms with Crippen LogP contribution in [0, 0.1) is 0 Å². The zero-order chi connectivity index (χ0) is 13.8. The lowest BCUT2D eigenvalue weighted by atomic mass is 10.3. The lowest BCUT2D eigenvalue weighted by Crippen LogP contribution is -2.50. The van der Waals surface area contributed by atoms with Gasteiger partial charge in [0.25, 0.3) is 5.91 Å². The predicted octanol–water partition coefficient (Wildman–Crippen LogP) is -0.0938. The number of nitrogens with two attached hydrogens (primary N) is 1. The Bertz CT molecular complexity index is 465. The summed E-state index contributed by atoms with van der Waals surface area (Å²) in [7, 11) is 0. The Morgan fingerprint density at radius 2 is 2.00 bits per heavy atom. The zero-order valence-corrected chi connectivity index (χ0v) is 10.8. The predicted molar refractivity (Wildman–Crippen MR) is 67.5 cm³/mol. The second-order valence-electron chi connectivity index (χ2n) is 4.18. The van der Waals surface area contributed by atoms with Gasteiger partial charge in [-0.05, 0) is 6.92 Å².